The molecule has 0 bridgehead atoms. The van der Waals surface area contributed by atoms with E-state index in [4.69, 9.17) is 0 Å². The first-order valence-electron chi connectivity index (χ1n) is 12.1. The highest BCUT2D eigenvalue weighted by Gasteiger charge is 2.24. The second-order valence-electron chi connectivity index (χ2n) is 9.37. The first-order chi connectivity index (χ1) is 15.0. The van der Waals surface area contributed by atoms with Crippen molar-refractivity contribution in [3.63, 3.8) is 0 Å². The molecule has 31 heavy (non-hydrogen) atoms. The zero-order valence-corrected chi connectivity index (χ0v) is 19.4. The van der Waals surface area contributed by atoms with Crippen LogP contribution in [-0.4, -0.2) is 60.5 Å². The second kappa shape index (κ2) is 12.1. The maximum Gasteiger partial charge on any atom is 0.321 e. The number of amides is 3. The molecule has 1 aromatic carbocycles. The molecule has 3 amide bonds. The summed E-state index contributed by atoms with van der Waals surface area (Å²) in [6.07, 6.45) is 8.68. The van der Waals surface area contributed by atoms with Gasteiger partial charge in [-0.25, -0.2) is 4.79 Å². The number of carbonyl (C=O) groups excluding carboxylic acids is 2. The molecule has 2 heterocycles. The Labute approximate surface area is 187 Å². The van der Waals surface area contributed by atoms with Gasteiger partial charge in [0, 0.05) is 37.8 Å². The summed E-state index contributed by atoms with van der Waals surface area (Å²) in [5, 5.41) is 6.10. The van der Waals surface area contributed by atoms with E-state index in [1.807, 2.05) is 36.1 Å². The summed E-state index contributed by atoms with van der Waals surface area (Å²) in [5.41, 5.74) is 2.00. The summed E-state index contributed by atoms with van der Waals surface area (Å²) < 4.78 is 0. The summed E-state index contributed by atoms with van der Waals surface area (Å²) in [4.78, 5) is 29.3. The average Bonchev–Trinajstić information content (AvgIpc) is 3.05. The summed E-state index contributed by atoms with van der Waals surface area (Å²) in [7, 11) is 0. The van der Waals surface area contributed by atoms with Crippen molar-refractivity contribution in [3.8, 4) is 0 Å². The lowest BCUT2D eigenvalue weighted by molar-refractivity contribution is -0.122. The van der Waals surface area contributed by atoms with E-state index in [-0.39, 0.29) is 11.9 Å². The number of urea groups is 1. The van der Waals surface area contributed by atoms with Gasteiger partial charge in [-0.15, -0.1) is 0 Å². The molecular weight excluding hydrogens is 388 g/mol. The van der Waals surface area contributed by atoms with E-state index in [9.17, 15) is 9.59 Å². The average molecular weight is 429 g/mol. The van der Waals surface area contributed by atoms with Crippen LogP contribution in [0.1, 0.15) is 63.9 Å². The highest BCUT2D eigenvalue weighted by molar-refractivity contribution is 5.89. The molecule has 0 aromatic heterocycles. The predicted octanol–water partition coefficient (Wildman–Crippen LogP) is 4.40. The van der Waals surface area contributed by atoms with Gasteiger partial charge in [0.1, 0.15) is 0 Å². The third-order valence-corrected chi connectivity index (χ3v) is 6.83. The zero-order chi connectivity index (χ0) is 22.1. The van der Waals surface area contributed by atoms with Crippen LogP contribution >= 0.6 is 0 Å². The number of nitrogens with one attached hydrogen (secondary N) is 2. The van der Waals surface area contributed by atoms with Gasteiger partial charge in [-0.3, -0.25) is 4.79 Å². The van der Waals surface area contributed by atoms with Crippen molar-refractivity contribution in [2.75, 3.05) is 38.0 Å². The lowest BCUT2D eigenvalue weighted by Crippen LogP contribution is -2.42. The minimum atomic E-state index is -0.0470. The number of aryl methyl sites for hydroxylation is 1. The summed E-state index contributed by atoms with van der Waals surface area (Å²) in [6.45, 7) is 8.89. The molecule has 6 heteroatoms. The maximum absolute atomic E-state index is 12.5. The van der Waals surface area contributed by atoms with Gasteiger partial charge in [-0.1, -0.05) is 30.5 Å². The van der Waals surface area contributed by atoms with E-state index in [1.165, 1.54) is 44.3 Å². The molecular formula is C25H40N4O2. The third-order valence-electron chi connectivity index (χ3n) is 6.83. The molecule has 0 radical (unpaired) electrons. The van der Waals surface area contributed by atoms with Crippen molar-refractivity contribution >= 4 is 17.6 Å². The van der Waals surface area contributed by atoms with E-state index in [0.717, 1.165) is 31.5 Å². The fourth-order valence-electron chi connectivity index (χ4n) is 4.65. The number of nitrogens with zero attached hydrogens (tertiary/aromatic N) is 2. The zero-order valence-electron chi connectivity index (χ0n) is 19.4. The quantitative estimate of drug-likeness (QED) is 0.677. The van der Waals surface area contributed by atoms with E-state index < -0.39 is 0 Å². The first kappa shape index (κ1) is 23.6. The Bertz CT molecular complexity index is 690. The molecule has 0 aliphatic carbocycles. The molecule has 1 aromatic rings. The number of benzene rings is 1. The standard InChI is InChI=1S/C25H40N4O2/c1-20-7-9-23(10-8-20)27-25(31)29-17-12-22(13-18-29)19-24(30)26-14-11-21(2)28-15-5-3-4-6-16-28/h7-10,21-22H,3-6,11-19H2,1-2H3,(H,26,30)(H,27,31)/t21-/m1/s1. The van der Waals surface area contributed by atoms with Crippen molar-refractivity contribution in [2.45, 2.75) is 71.3 Å². The Morgan fingerprint density at radius 2 is 1.65 bits per heavy atom. The van der Waals surface area contributed by atoms with E-state index >= 15 is 0 Å². The molecule has 1 atom stereocenters. The maximum atomic E-state index is 12.5. The van der Waals surface area contributed by atoms with Crippen molar-refractivity contribution in [2.24, 2.45) is 5.92 Å². The molecule has 0 spiro atoms. The number of piperidine rings is 1. The minimum absolute atomic E-state index is 0.0470. The van der Waals surface area contributed by atoms with Crippen molar-refractivity contribution in [3.05, 3.63) is 29.8 Å². The van der Waals surface area contributed by atoms with Gasteiger partial charge < -0.3 is 20.4 Å². The Morgan fingerprint density at radius 3 is 2.29 bits per heavy atom. The molecule has 6 nitrogen and oxygen atoms in total. The van der Waals surface area contributed by atoms with Crippen molar-refractivity contribution < 1.29 is 9.59 Å². The van der Waals surface area contributed by atoms with Crippen LogP contribution in [0.5, 0.6) is 0 Å². The van der Waals surface area contributed by atoms with Crippen LogP contribution in [0.4, 0.5) is 10.5 Å². The molecule has 0 saturated carbocycles. The van der Waals surface area contributed by atoms with E-state index in [2.05, 4.69) is 22.5 Å². The van der Waals surface area contributed by atoms with Gasteiger partial charge in [0.15, 0.2) is 0 Å². The highest BCUT2D eigenvalue weighted by Crippen LogP contribution is 2.21. The molecule has 2 N–H and O–H groups in total. The fraction of sp³-hybridized carbons (Fsp3) is 0.680. The second-order valence-corrected chi connectivity index (χ2v) is 9.37. The van der Waals surface area contributed by atoms with Crippen LogP contribution in [0.15, 0.2) is 24.3 Å². The monoisotopic (exact) mass is 428 g/mol. The first-order valence-corrected chi connectivity index (χ1v) is 12.1. The number of rotatable bonds is 7. The van der Waals surface area contributed by atoms with Gasteiger partial charge in [-0.2, -0.15) is 0 Å². The Kier molecular flexibility index (Phi) is 9.19. The van der Waals surface area contributed by atoms with Crippen LogP contribution in [-0.2, 0) is 4.79 Å². The smallest absolute Gasteiger partial charge is 0.321 e. The minimum Gasteiger partial charge on any atom is -0.356 e. The number of hydrogen-bond donors (Lipinski definition) is 2. The third kappa shape index (κ3) is 7.84. The number of carbonyl (C=O) groups is 2. The number of hydrogen-bond acceptors (Lipinski definition) is 3. The highest BCUT2D eigenvalue weighted by atomic mass is 16.2. The predicted molar refractivity (Wildman–Crippen MR) is 126 cm³/mol. The molecule has 0 unspecified atom stereocenters. The van der Waals surface area contributed by atoms with Crippen LogP contribution in [0.3, 0.4) is 0 Å². The Morgan fingerprint density at radius 1 is 1.00 bits per heavy atom. The molecule has 3 rings (SSSR count). The fourth-order valence-corrected chi connectivity index (χ4v) is 4.65. The normalized spacial score (nSPS) is 19.5. The van der Waals surface area contributed by atoms with Crippen molar-refractivity contribution in [1.82, 2.24) is 15.1 Å². The lowest BCUT2D eigenvalue weighted by atomic mass is 9.93. The van der Waals surface area contributed by atoms with Crippen molar-refractivity contribution in [1.29, 1.82) is 0 Å². The summed E-state index contributed by atoms with van der Waals surface area (Å²) in [6, 6.07) is 8.34. The van der Waals surface area contributed by atoms with Crippen LogP contribution in [0, 0.1) is 12.8 Å². The van der Waals surface area contributed by atoms with Gasteiger partial charge in [0.25, 0.3) is 0 Å². The molecule has 2 fully saturated rings. The lowest BCUT2D eigenvalue weighted by Gasteiger charge is -2.32. The Hall–Kier alpha value is -2.08. The number of anilines is 1. The summed E-state index contributed by atoms with van der Waals surface area (Å²) >= 11 is 0. The largest absolute Gasteiger partial charge is 0.356 e. The van der Waals surface area contributed by atoms with E-state index in [1.54, 1.807) is 0 Å². The van der Waals surface area contributed by atoms with Gasteiger partial charge in [-0.05, 0) is 77.1 Å². The SMILES string of the molecule is Cc1ccc(NC(=O)N2CCC(CC(=O)NCC[C@@H](C)N3CCCCCC3)CC2)cc1. The molecule has 2 saturated heterocycles. The van der Waals surface area contributed by atoms with E-state index in [0.29, 0.717) is 31.5 Å². The van der Waals surface area contributed by atoms with Crippen LogP contribution in [0.25, 0.3) is 0 Å². The molecule has 2 aliphatic rings. The molecule has 2 aliphatic heterocycles. The molecule has 172 valence electrons. The van der Waals surface area contributed by atoms with Gasteiger partial charge in [0.2, 0.25) is 5.91 Å². The Balaban J connectivity index is 1.30. The van der Waals surface area contributed by atoms with Gasteiger partial charge in [0.05, 0.1) is 0 Å². The van der Waals surface area contributed by atoms with Crippen LogP contribution < -0.4 is 10.6 Å². The topological polar surface area (TPSA) is 64.7 Å². The van der Waals surface area contributed by atoms with Gasteiger partial charge >= 0.3 is 6.03 Å². The number of likely N-dealkylation sites (tertiary alicyclic amines) is 2. The summed E-state index contributed by atoms with van der Waals surface area (Å²) in [5.74, 6) is 0.525. The van der Waals surface area contributed by atoms with Crippen LogP contribution in [0.2, 0.25) is 0 Å².